The highest BCUT2D eigenvalue weighted by atomic mass is 80.0. The zero-order valence-corrected chi connectivity index (χ0v) is 12.6. The average Bonchev–Trinajstić information content (AvgIpc) is 1.56. The SMILES string of the molecule is CC(C)(O)C(Br)CC(Br)(Br)Br. The van der Waals surface area contributed by atoms with Crippen molar-refractivity contribution < 1.29 is 5.11 Å². The number of aliphatic hydroxyl groups is 1. The van der Waals surface area contributed by atoms with Gasteiger partial charge in [-0.25, -0.2) is 0 Å². The Morgan fingerprint density at radius 2 is 1.64 bits per heavy atom. The molecule has 0 spiro atoms. The lowest BCUT2D eigenvalue weighted by Crippen LogP contribution is -2.33. The molecule has 0 fully saturated rings. The molecule has 68 valence electrons. The van der Waals surface area contributed by atoms with Gasteiger partial charge in [0.15, 0.2) is 0 Å². The van der Waals surface area contributed by atoms with Gasteiger partial charge < -0.3 is 5.11 Å². The molecule has 0 radical (unpaired) electrons. The molecule has 11 heavy (non-hydrogen) atoms. The molecule has 1 unspecified atom stereocenters. The van der Waals surface area contributed by atoms with Gasteiger partial charge in [-0.05, 0) is 20.3 Å². The topological polar surface area (TPSA) is 20.2 Å². The Morgan fingerprint density at radius 1 is 1.27 bits per heavy atom. The number of alkyl halides is 4. The van der Waals surface area contributed by atoms with Crippen LogP contribution in [0.5, 0.6) is 0 Å². The molecule has 0 heterocycles. The van der Waals surface area contributed by atoms with Crippen molar-refractivity contribution in [2.45, 2.75) is 32.8 Å². The number of halogens is 4. The van der Waals surface area contributed by atoms with Gasteiger partial charge in [0.05, 0.1) is 5.60 Å². The van der Waals surface area contributed by atoms with E-state index in [-0.39, 0.29) is 6.97 Å². The number of hydrogen-bond acceptors (Lipinski definition) is 1. The first-order chi connectivity index (χ1) is 4.63. The molecule has 0 aromatic heterocycles. The molecule has 0 saturated carbocycles. The van der Waals surface area contributed by atoms with Gasteiger partial charge in [-0.3, -0.25) is 0 Å². The lowest BCUT2D eigenvalue weighted by atomic mass is 10.0. The smallest absolute Gasteiger partial charge is 0.136 e. The maximum absolute atomic E-state index is 9.54. The predicted molar refractivity (Wildman–Crippen MR) is 63.1 cm³/mol. The first-order valence-electron chi connectivity index (χ1n) is 3.06. The molecule has 0 amide bonds. The highest BCUT2D eigenvalue weighted by molar-refractivity contribution is 9.39. The quantitative estimate of drug-likeness (QED) is 0.679. The minimum atomic E-state index is -0.708. The highest BCUT2D eigenvalue weighted by Gasteiger charge is 2.31. The third kappa shape index (κ3) is 6.99. The molecule has 0 saturated heterocycles. The van der Waals surface area contributed by atoms with Crippen LogP contribution in [-0.2, 0) is 0 Å². The van der Waals surface area contributed by atoms with E-state index in [1.54, 1.807) is 13.8 Å². The van der Waals surface area contributed by atoms with E-state index in [1.807, 2.05) is 0 Å². The minimum Gasteiger partial charge on any atom is -0.389 e. The van der Waals surface area contributed by atoms with Crippen molar-refractivity contribution in [1.29, 1.82) is 0 Å². The number of hydrogen-bond donors (Lipinski definition) is 1. The molecule has 0 aliphatic heterocycles. The van der Waals surface area contributed by atoms with Crippen LogP contribution >= 0.6 is 63.7 Å². The average molecular weight is 418 g/mol. The Morgan fingerprint density at radius 3 is 1.73 bits per heavy atom. The molecule has 0 bridgehead atoms. The van der Waals surface area contributed by atoms with Gasteiger partial charge in [-0.2, -0.15) is 0 Å². The number of rotatable bonds is 2. The van der Waals surface area contributed by atoms with Gasteiger partial charge in [0.1, 0.15) is 2.14 Å². The van der Waals surface area contributed by atoms with E-state index in [0.717, 1.165) is 6.42 Å². The van der Waals surface area contributed by atoms with Crippen molar-refractivity contribution in [1.82, 2.24) is 0 Å². The first kappa shape index (κ1) is 12.9. The summed E-state index contributed by atoms with van der Waals surface area (Å²) in [5.74, 6) is 0. The van der Waals surface area contributed by atoms with Gasteiger partial charge in [-0.15, -0.1) is 0 Å². The second-order valence-electron chi connectivity index (χ2n) is 2.94. The molecular weight excluding hydrogens is 408 g/mol. The van der Waals surface area contributed by atoms with Crippen molar-refractivity contribution in [2.24, 2.45) is 0 Å². The van der Waals surface area contributed by atoms with E-state index in [2.05, 4.69) is 63.7 Å². The molecule has 0 aliphatic rings. The van der Waals surface area contributed by atoms with Gasteiger partial charge in [0.25, 0.3) is 0 Å². The molecular formula is C6H10Br4O. The standard InChI is InChI=1S/C6H10Br4O/c1-5(2,11)4(7)3-6(8,9)10/h4,11H,3H2,1-2H3. The lowest BCUT2D eigenvalue weighted by molar-refractivity contribution is 0.0783. The Bertz CT molecular complexity index is 124. The van der Waals surface area contributed by atoms with Gasteiger partial charge in [0, 0.05) is 4.83 Å². The summed E-state index contributed by atoms with van der Waals surface area (Å²) in [7, 11) is 0. The van der Waals surface area contributed by atoms with Crippen LogP contribution in [0.25, 0.3) is 0 Å². The Labute approximate surface area is 101 Å². The van der Waals surface area contributed by atoms with Crippen LogP contribution in [0.3, 0.4) is 0 Å². The Kier molecular flexibility index (Phi) is 5.15. The second-order valence-corrected chi connectivity index (χ2v) is 11.3. The summed E-state index contributed by atoms with van der Waals surface area (Å²) in [6.45, 7) is 3.54. The van der Waals surface area contributed by atoms with Crippen LogP contribution in [0.4, 0.5) is 0 Å². The van der Waals surface area contributed by atoms with Crippen molar-refractivity contribution >= 4 is 63.7 Å². The van der Waals surface area contributed by atoms with E-state index >= 15 is 0 Å². The van der Waals surface area contributed by atoms with Gasteiger partial charge in [-0.1, -0.05) is 63.7 Å². The van der Waals surface area contributed by atoms with Gasteiger partial charge in [0.2, 0.25) is 0 Å². The third-order valence-corrected chi connectivity index (χ3v) is 3.59. The van der Waals surface area contributed by atoms with E-state index < -0.39 is 5.60 Å². The zero-order valence-electron chi connectivity index (χ0n) is 6.24. The fourth-order valence-corrected chi connectivity index (χ4v) is 3.21. The molecule has 0 aromatic rings. The highest BCUT2D eigenvalue weighted by Crippen LogP contribution is 2.41. The molecule has 0 aliphatic carbocycles. The molecule has 0 aromatic carbocycles. The summed E-state index contributed by atoms with van der Waals surface area (Å²) in [6.07, 6.45) is 0.733. The summed E-state index contributed by atoms with van der Waals surface area (Å²) in [5, 5.41) is 9.54. The summed E-state index contributed by atoms with van der Waals surface area (Å²) < 4.78 is -0.291. The van der Waals surface area contributed by atoms with Crippen LogP contribution in [0, 0.1) is 0 Å². The normalized spacial score (nSPS) is 16.6. The van der Waals surface area contributed by atoms with Crippen molar-refractivity contribution in [3.63, 3.8) is 0 Å². The Balaban J connectivity index is 3.99. The largest absolute Gasteiger partial charge is 0.389 e. The van der Waals surface area contributed by atoms with Crippen LogP contribution in [0.1, 0.15) is 20.3 Å². The van der Waals surface area contributed by atoms with E-state index in [1.165, 1.54) is 0 Å². The Hall–Kier alpha value is 1.88. The van der Waals surface area contributed by atoms with E-state index in [9.17, 15) is 5.11 Å². The van der Waals surface area contributed by atoms with Crippen molar-refractivity contribution in [3.8, 4) is 0 Å². The summed E-state index contributed by atoms with van der Waals surface area (Å²) in [4.78, 5) is 0.0353. The van der Waals surface area contributed by atoms with Gasteiger partial charge >= 0.3 is 0 Å². The van der Waals surface area contributed by atoms with Crippen LogP contribution in [0.2, 0.25) is 0 Å². The van der Waals surface area contributed by atoms with Crippen LogP contribution in [-0.4, -0.2) is 17.7 Å². The molecule has 1 N–H and O–H groups in total. The van der Waals surface area contributed by atoms with E-state index in [0.29, 0.717) is 0 Å². The summed E-state index contributed by atoms with van der Waals surface area (Å²) in [5.41, 5.74) is -0.708. The third-order valence-electron chi connectivity index (χ3n) is 1.18. The maximum Gasteiger partial charge on any atom is 0.136 e. The summed E-state index contributed by atoms with van der Waals surface area (Å²) in [6, 6.07) is 0. The molecule has 1 atom stereocenters. The molecule has 0 rings (SSSR count). The monoisotopic (exact) mass is 414 g/mol. The van der Waals surface area contributed by atoms with E-state index in [4.69, 9.17) is 0 Å². The van der Waals surface area contributed by atoms with Crippen LogP contribution < -0.4 is 0 Å². The first-order valence-corrected chi connectivity index (χ1v) is 6.35. The molecule has 1 nitrogen and oxygen atoms in total. The molecule has 5 heteroatoms. The predicted octanol–water partition coefficient (Wildman–Crippen LogP) is 3.75. The zero-order chi connectivity index (χ0) is 9.28. The fraction of sp³-hybridized carbons (Fsp3) is 1.00. The fourth-order valence-electron chi connectivity index (χ4n) is 0.453. The van der Waals surface area contributed by atoms with Crippen LogP contribution in [0.15, 0.2) is 0 Å². The minimum absolute atomic E-state index is 0.0353. The van der Waals surface area contributed by atoms with Crippen molar-refractivity contribution in [3.05, 3.63) is 0 Å². The second kappa shape index (κ2) is 4.40. The summed E-state index contributed by atoms with van der Waals surface area (Å²) >= 11 is 13.5. The maximum atomic E-state index is 9.54. The lowest BCUT2D eigenvalue weighted by Gasteiger charge is -2.27. The van der Waals surface area contributed by atoms with Crippen molar-refractivity contribution in [2.75, 3.05) is 0 Å².